The minimum absolute atomic E-state index is 0.338. The molecule has 0 spiro atoms. The van der Waals surface area contributed by atoms with Crippen LogP contribution in [-0.4, -0.2) is 17.4 Å². The van der Waals surface area contributed by atoms with Gasteiger partial charge in [0.2, 0.25) is 0 Å². The van der Waals surface area contributed by atoms with Gasteiger partial charge >= 0.3 is 5.97 Å². The first kappa shape index (κ1) is 12.2. The van der Waals surface area contributed by atoms with Crippen molar-refractivity contribution >= 4 is 12.3 Å². The van der Waals surface area contributed by atoms with Crippen molar-refractivity contribution < 1.29 is 14.7 Å². The highest BCUT2D eigenvalue weighted by atomic mass is 16.4. The Morgan fingerprint density at radius 2 is 2.00 bits per heavy atom. The quantitative estimate of drug-likeness (QED) is 0.521. The summed E-state index contributed by atoms with van der Waals surface area (Å²) in [4.78, 5) is 20.6. The smallest absolute Gasteiger partial charge is 0.303 e. The van der Waals surface area contributed by atoms with Crippen molar-refractivity contribution in [2.24, 2.45) is 11.8 Å². The van der Waals surface area contributed by atoms with Crippen LogP contribution in [0.3, 0.4) is 0 Å². The Hall–Kier alpha value is -0.860. The van der Waals surface area contributed by atoms with Gasteiger partial charge in [-0.2, -0.15) is 0 Å². The molecule has 0 amide bonds. The van der Waals surface area contributed by atoms with E-state index in [1.807, 2.05) is 0 Å². The summed E-state index contributed by atoms with van der Waals surface area (Å²) in [6.07, 6.45) is 8.59. The van der Waals surface area contributed by atoms with Crippen LogP contribution in [0.15, 0.2) is 0 Å². The van der Waals surface area contributed by atoms with E-state index < -0.39 is 5.97 Å². The maximum absolute atomic E-state index is 10.5. The number of carboxylic acid groups (broad SMARTS) is 1. The van der Waals surface area contributed by atoms with Gasteiger partial charge in [0, 0.05) is 12.8 Å². The van der Waals surface area contributed by atoms with Gasteiger partial charge in [-0.25, -0.2) is 0 Å². The molecule has 1 N–H and O–H groups in total. The maximum Gasteiger partial charge on any atom is 0.303 e. The molecular weight excluding hydrogens is 192 g/mol. The second kappa shape index (κ2) is 6.59. The summed E-state index contributed by atoms with van der Waals surface area (Å²) in [6, 6.07) is 0. The number of hydrogen-bond acceptors (Lipinski definition) is 2. The Morgan fingerprint density at radius 3 is 2.67 bits per heavy atom. The standard InChI is InChI=1S/C12H20O3/c13-7-3-1-2-4-10-5-6-11(8-10)9-12(14)15/h7,10-11H,1-6,8-9H2,(H,14,15)/t10-,11+/m0/s1. The van der Waals surface area contributed by atoms with Gasteiger partial charge in [-0.3, -0.25) is 4.79 Å². The van der Waals surface area contributed by atoms with E-state index in [4.69, 9.17) is 5.11 Å². The SMILES string of the molecule is O=CCCCC[C@H]1CC[C@@H](CC(=O)O)C1. The molecule has 3 heteroatoms. The number of carbonyl (C=O) groups is 2. The summed E-state index contributed by atoms with van der Waals surface area (Å²) in [5.41, 5.74) is 0. The topological polar surface area (TPSA) is 54.4 Å². The highest BCUT2D eigenvalue weighted by molar-refractivity contribution is 5.67. The number of unbranched alkanes of at least 4 members (excludes halogenated alkanes) is 2. The van der Waals surface area contributed by atoms with Gasteiger partial charge in [-0.1, -0.05) is 19.3 Å². The Morgan fingerprint density at radius 1 is 1.27 bits per heavy atom. The molecule has 3 nitrogen and oxygen atoms in total. The average Bonchev–Trinajstić information content (AvgIpc) is 2.59. The molecule has 86 valence electrons. The van der Waals surface area contributed by atoms with E-state index in [0.29, 0.717) is 24.7 Å². The summed E-state index contributed by atoms with van der Waals surface area (Å²) in [5.74, 6) is 0.446. The van der Waals surface area contributed by atoms with Crippen molar-refractivity contribution in [1.29, 1.82) is 0 Å². The summed E-state index contributed by atoms with van der Waals surface area (Å²) in [5, 5.41) is 8.67. The highest BCUT2D eigenvalue weighted by Crippen LogP contribution is 2.35. The van der Waals surface area contributed by atoms with Gasteiger partial charge in [-0.15, -0.1) is 0 Å². The molecule has 2 atom stereocenters. The number of rotatable bonds is 7. The van der Waals surface area contributed by atoms with Gasteiger partial charge in [0.15, 0.2) is 0 Å². The third kappa shape index (κ3) is 4.96. The van der Waals surface area contributed by atoms with E-state index in [1.165, 1.54) is 12.8 Å². The van der Waals surface area contributed by atoms with Crippen LogP contribution in [-0.2, 0) is 9.59 Å². The zero-order chi connectivity index (χ0) is 11.1. The van der Waals surface area contributed by atoms with Crippen LogP contribution in [0, 0.1) is 11.8 Å². The van der Waals surface area contributed by atoms with Crippen LogP contribution in [0.4, 0.5) is 0 Å². The lowest BCUT2D eigenvalue weighted by atomic mass is 9.97. The molecule has 0 aromatic rings. The van der Waals surface area contributed by atoms with Crippen molar-refractivity contribution in [2.75, 3.05) is 0 Å². The number of hydrogen-bond donors (Lipinski definition) is 1. The molecule has 0 aliphatic heterocycles. The van der Waals surface area contributed by atoms with Gasteiger partial charge in [0.25, 0.3) is 0 Å². The Bertz CT molecular complexity index is 213. The fourth-order valence-corrected chi connectivity index (χ4v) is 2.53. The monoisotopic (exact) mass is 212 g/mol. The van der Waals surface area contributed by atoms with E-state index in [9.17, 15) is 9.59 Å². The minimum Gasteiger partial charge on any atom is -0.481 e. The second-order valence-corrected chi connectivity index (χ2v) is 4.59. The van der Waals surface area contributed by atoms with E-state index >= 15 is 0 Å². The van der Waals surface area contributed by atoms with Gasteiger partial charge < -0.3 is 9.90 Å². The second-order valence-electron chi connectivity index (χ2n) is 4.59. The first-order valence-corrected chi connectivity index (χ1v) is 5.87. The fraction of sp³-hybridized carbons (Fsp3) is 0.833. The summed E-state index contributed by atoms with van der Waals surface area (Å²) in [6.45, 7) is 0. The van der Waals surface area contributed by atoms with E-state index in [2.05, 4.69) is 0 Å². The number of carbonyl (C=O) groups excluding carboxylic acids is 1. The maximum atomic E-state index is 10.5. The molecule has 1 fully saturated rings. The van der Waals surface area contributed by atoms with E-state index in [0.717, 1.165) is 32.0 Å². The molecule has 1 aliphatic rings. The average molecular weight is 212 g/mol. The molecule has 0 bridgehead atoms. The predicted octanol–water partition coefficient (Wildman–Crippen LogP) is 2.64. The number of aliphatic carboxylic acids is 1. The van der Waals surface area contributed by atoms with Crippen molar-refractivity contribution in [2.45, 2.75) is 51.4 Å². The normalized spacial score (nSPS) is 25.3. The number of aldehydes is 1. The van der Waals surface area contributed by atoms with Gasteiger partial charge in [0.1, 0.15) is 6.29 Å². The fourth-order valence-electron chi connectivity index (χ4n) is 2.53. The zero-order valence-corrected chi connectivity index (χ0v) is 9.15. The lowest BCUT2D eigenvalue weighted by Gasteiger charge is -2.09. The minimum atomic E-state index is -0.665. The van der Waals surface area contributed by atoms with E-state index in [1.54, 1.807) is 0 Å². The summed E-state index contributed by atoms with van der Waals surface area (Å²) >= 11 is 0. The van der Waals surface area contributed by atoms with Crippen LogP contribution >= 0.6 is 0 Å². The zero-order valence-electron chi connectivity index (χ0n) is 9.15. The molecule has 0 saturated heterocycles. The summed E-state index contributed by atoms with van der Waals surface area (Å²) < 4.78 is 0. The predicted molar refractivity (Wildman–Crippen MR) is 57.6 cm³/mol. The van der Waals surface area contributed by atoms with Crippen molar-refractivity contribution in [3.63, 3.8) is 0 Å². The van der Waals surface area contributed by atoms with Crippen molar-refractivity contribution in [3.8, 4) is 0 Å². The van der Waals surface area contributed by atoms with Crippen LogP contribution in [0.5, 0.6) is 0 Å². The molecule has 0 heterocycles. The third-order valence-electron chi connectivity index (χ3n) is 3.30. The molecule has 0 aromatic carbocycles. The third-order valence-corrected chi connectivity index (χ3v) is 3.30. The molecule has 1 aliphatic carbocycles. The van der Waals surface area contributed by atoms with Crippen LogP contribution < -0.4 is 0 Å². The molecule has 1 saturated carbocycles. The van der Waals surface area contributed by atoms with E-state index in [-0.39, 0.29) is 0 Å². The molecule has 0 aromatic heterocycles. The highest BCUT2D eigenvalue weighted by Gasteiger charge is 2.25. The van der Waals surface area contributed by atoms with Crippen molar-refractivity contribution in [3.05, 3.63) is 0 Å². The van der Waals surface area contributed by atoms with Crippen molar-refractivity contribution in [1.82, 2.24) is 0 Å². The number of carboxylic acids is 1. The first-order chi connectivity index (χ1) is 7.22. The molecule has 0 unspecified atom stereocenters. The molecule has 1 rings (SSSR count). The Balaban J connectivity index is 2.08. The molecule has 0 radical (unpaired) electrons. The molecular formula is C12H20O3. The van der Waals surface area contributed by atoms with Gasteiger partial charge in [-0.05, 0) is 31.1 Å². The van der Waals surface area contributed by atoms with Crippen LogP contribution in [0.1, 0.15) is 51.4 Å². The Kier molecular flexibility index (Phi) is 5.37. The lowest BCUT2D eigenvalue weighted by Crippen LogP contribution is -2.04. The summed E-state index contributed by atoms with van der Waals surface area (Å²) in [7, 11) is 0. The first-order valence-electron chi connectivity index (χ1n) is 5.87. The van der Waals surface area contributed by atoms with Crippen LogP contribution in [0.2, 0.25) is 0 Å². The van der Waals surface area contributed by atoms with Crippen LogP contribution in [0.25, 0.3) is 0 Å². The largest absolute Gasteiger partial charge is 0.481 e. The molecule has 15 heavy (non-hydrogen) atoms. The Labute approximate surface area is 90.9 Å². The van der Waals surface area contributed by atoms with Gasteiger partial charge in [0.05, 0.1) is 0 Å². The lowest BCUT2D eigenvalue weighted by molar-refractivity contribution is -0.138.